The number of hydrogen-bond acceptors (Lipinski definition) is 2. The van der Waals surface area contributed by atoms with E-state index in [0.717, 1.165) is 24.8 Å². The second-order valence-corrected chi connectivity index (χ2v) is 7.89. The first-order valence-electron chi connectivity index (χ1n) is 10.0. The van der Waals surface area contributed by atoms with Crippen LogP contribution in [0.1, 0.15) is 42.9 Å². The lowest BCUT2D eigenvalue weighted by Crippen LogP contribution is -2.32. The van der Waals surface area contributed by atoms with Crippen LogP contribution in [0, 0.1) is 17.6 Å². The quantitative estimate of drug-likeness (QED) is 0.626. The molecule has 0 amide bonds. The van der Waals surface area contributed by atoms with E-state index in [0.29, 0.717) is 37.2 Å². The summed E-state index contributed by atoms with van der Waals surface area (Å²) in [5, 5.41) is 0. The number of rotatable bonds is 5. The number of benzene rings is 2. The van der Waals surface area contributed by atoms with Crippen molar-refractivity contribution in [3.8, 4) is 0 Å². The van der Waals surface area contributed by atoms with E-state index in [1.807, 2.05) is 30.3 Å². The number of allylic oxidation sites excluding steroid dienone is 1. The maximum atomic E-state index is 14.7. The highest BCUT2D eigenvalue weighted by Gasteiger charge is 2.38. The monoisotopic (exact) mass is 384 g/mol. The fourth-order valence-corrected chi connectivity index (χ4v) is 4.23. The zero-order chi connectivity index (χ0) is 19.6. The van der Waals surface area contributed by atoms with E-state index in [4.69, 9.17) is 9.47 Å². The van der Waals surface area contributed by atoms with Crippen molar-refractivity contribution in [2.24, 2.45) is 5.92 Å². The van der Waals surface area contributed by atoms with Crippen molar-refractivity contribution in [1.29, 1.82) is 0 Å². The highest BCUT2D eigenvalue weighted by atomic mass is 19.1. The normalized spacial score (nSPS) is 19.6. The number of ether oxygens (including phenoxy) is 2. The fourth-order valence-electron chi connectivity index (χ4n) is 4.23. The van der Waals surface area contributed by atoms with Crippen molar-refractivity contribution in [1.82, 2.24) is 0 Å². The predicted octanol–water partition coefficient (Wildman–Crippen LogP) is 5.59. The van der Waals surface area contributed by atoms with Crippen LogP contribution in [-0.4, -0.2) is 19.0 Å². The van der Waals surface area contributed by atoms with Crippen molar-refractivity contribution in [2.45, 2.75) is 44.8 Å². The Balaban J connectivity index is 1.44. The molecule has 0 bridgehead atoms. The van der Waals surface area contributed by atoms with Gasteiger partial charge >= 0.3 is 0 Å². The van der Waals surface area contributed by atoms with Gasteiger partial charge in [0.05, 0.1) is 13.2 Å². The maximum Gasteiger partial charge on any atom is 0.172 e. The molecule has 4 rings (SSSR count). The molecule has 1 unspecified atom stereocenters. The van der Waals surface area contributed by atoms with Crippen molar-refractivity contribution in [2.75, 3.05) is 13.2 Å². The lowest BCUT2D eigenvalue weighted by molar-refractivity contribution is -0.161. The SMILES string of the molecule is CC(Cc1cc(F)c(Cc2ccccc2)cc1F)C1=CCC2(CC1)OCCO2. The summed E-state index contributed by atoms with van der Waals surface area (Å²) in [6.45, 7) is 3.38. The first-order valence-corrected chi connectivity index (χ1v) is 10.0. The molecule has 2 aromatic carbocycles. The molecule has 1 atom stereocenters. The summed E-state index contributed by atoms with van der Waals surface area (Å²) in [5.41, 5.74) is 3.09. The van der Waals surface area contributed by atoms with E-state index >= 15 is 0 Å². The van der Waals surface area contributed by atoms with Gasteiger partial charge in [0.15, 0.2) is 5.79 Å². The Kier molecular flexibility index (Phi) is 5.61. The lowest BCUT2D eigenvalue weighted by Gasteiger charge is -2.32. The molecule has 1 aliphatic carbocycles. The van der Waals surface area contributed by atoms with Crippen LogP contribution >= 0.6 is 0 Å². The predicted molar refractivity (Wildman–Crippen MR) is 105 cm³/mol. The van der Waals surface area contributed by atoms with E-state index in [1.54, 1.807) is 0 Å². The van der Waals surface area contributed by atoms with Gasteiger partial charge in [-0.2, -0.15) is 0 Å². The van der Waals surface area contributed by atoms with Crippen LogP contribution in [0.25, 0.3) is 0 Å². The van der Waals surface area contributed by atoms with E-state index in [2.05, 4.69) is 13.0 Å². The van der Waals surface area contributed by atoms with Gasteiger partial charge in [-0.3, -0.25) is 0 Å². The third-order valence-electron chi connectivity index (χ3n) is 5.90. The molecule has 0 N–H and O–H groups in total. The van der Waals surface area contributed by atoms with Crippen LogP contribution in [0.5, 0.6) is 0 Å². The molecule has 2 aliphatic rings. The fraction of sp³-hybridized carbons (Fsp3) is 0.417. The average Bonchev–Trinajstić information content (AvgIpc) is 3.15. The number of hydrogen-bond donors (Lipinski definition) is 0. The third-order valence-corrected chi connectivity index (χ3v) is 5.90. The van der Waals surface area contributed by atoms with Crippen LogP contribution in [0.3, 0.4) is 0 Å². The molecular formula is C24H26F2O2. The highest BCUT2D eigenvalue weighted by molar-refractivity contribution is 5.32. The molecule has 2 nitrogen and oxygen atoms in total. The largest absolute Gasteiger partial charge is 0.347 e. The third kappa shape index (κ3) is 4.18. The Morgan fingerprint density at radius 2 is 1.68 bits per heavy atom. The minimum atomic E-state index is -0.445. The maximum absolute atomic E-state index is 14.7. The molecule has 4 heteroatoms. The molecular weight excluding hydrogens is 358 g/mol. The molecule has 0 saturated carbocycles. The van der Waals surface area contributed by atoms with E-state index in [9.17, 15) is 8.78 Å². The van der Waals surface area contributed by atoms with Gasteiger partial charge in [-0.1, -0.05) is 48.9 Å². The van der Waals surface area contributed by atoms with E-state index in [1.165, 1.54) is 17.7 Å². The molecule has 148 valence electrons. The summed E-state index contributed by atoms with van der Waals surface area (Å²) >= 11 is 0. The highest BCUT2D eigenvalue weighted by Crippen LogP contribution is 2.38. The molecule has 0 radical (unpaired) electrons. The lowest BCUT2D eigenvalue weighted by atomic mass is 9.84. The second-order valence-electron chi connectivity index (χ2n) is 7.89. The molecule has 1 aliphatic heterocycles. The zero-order valence-electron chi connectivity index (χ0n) is 16.2. The summed E-state index contributed by atoms with van der Waals surface area (Å²) in [6, 6.07) is 12.3. The van der Waals surface area contributed by atoms with Crippen molar-refractivity contribution < 1.29 is 18.3 Å². The van der Waals surface area contributed by atoms with Gasteiger partial charge in [0, 0.05) is 19.3 Å². The molecule has 2 aromatic rings. The van der Waals surface area contributed by atoms with Gasteiger partial charge in [0.2, 0.25) is 0 Å². The number of halogens is 2. The van der Waals surface area contributed by atoms with E-state index < -0.39 is 5.79 Å². The van der Waals surface area contributed by atoms with Crippen molar-refractivity contribution >= 4 is 0 Å². The first-order chi connectivity index (χ1) is 13.5. The van der Waals surface area contributed by atoms with Crippen LogP contribution in [0.2, 0.25) is 0 Å². The molecule has 28 heavy (non-hydrogen) atoms. The van der Waals surface area contributed by atoms with Gasteiger partial charge in [0.25, 0.3) is 0 Å². The summed E-state index contributed by atoms with van der Waals surface area (Å²) < 4.78 is 40.8. The second kappa shape index (κ2) is 8.14. The molecule has 1 heterocycles. The molecule has 0 aromatic heterocycles. The Labute approximate surface area is 165 Å². The van der Waals surface area contributed by atoms with Crippen LogP contribution in [0.4, 0.5) is 8.78 Å². The Morgan fingerprint density at radius 3 is 2.36 bits per heavy atom. The van der Waals surface area contributed by atoms with Crippen LogP contribution < -0.4 is 0 Å². The van der Waals surface area contributed by atoms with Crippen molar-refractivity contribution in [3.05, 3.63) is 82.4 Å². The summed E-state index contributed by atoms with van der Waals surface area (Å²) in [5.74, 6) is -0.946. The summed E-state index contributed by atoms with van der Waals surface area (Å²) in [7, 11) is 0. The molecule has 1 fully saturated rings. The smallest absolute Gasteiger partial charge is 0.172 e. The van der Waals surface area contributed by atoms with Gasteiger partial charge in [-0.25, -0.2) is 8.78 Å². The van der Waals surface area contributed by atoms with Crippen molar-refractivity contribution in [3.63, 3.8) is 0 Å². The van der Waals surface area contributed by atoms with Gasteiger partial charge < -0.3 is 9.47 Å². The van der Waals surface area contributed by atoms with Gasteiger partial charge in [-0.15, -0.1) is 0 Å². The Hall–Kier alpha value is -2.04. The standard InChI is InChI=1S/C24H26F2O2/c1-17(19-7-9-24(10-8-19)27-11-12-28-24)13-20-15-23(26)21(16-22(20)25)14-18-5-3-2-4-6-18/h2-7,15-17H,8-14H2,1H3. The minimum absolute atomic E-state index is 0.160. The van der Waals surface area contributed by atoms with Crippen LogP contribution in [-0.2, 0) is 22.3 Å². The van der Waals surface area contributed by atoms with Gasteiger partial charge in [0.1, 0.15) is 11.6 Å². The average molecular weight is 384 g/mol. The van der Waals surface area contributed by atoms with Gasteiger partial charge in [-0.05, 0) is 47.6 Å². The Morgan fingerprint density at radius 1 is 1.00 bits per heavy atom. The Bertz CT molecular complexity index is 854. The summed E-state index contributed by atoms with van der Waals surface area (Å²) in [4.78, 5) is 0. The molecule has 1 saturated heterocycles. The topological polar surface area (TPSA) is 18.5 Å². The summed E-state index contributed by atoms with van der Waals surface area (Å²) in [6.07, 6.45) is 5.49. The van der Waals surface area contributed by atoms with Crippen LogP contribution in [0.15, 0.2) is 54.1 Å². The molecule has 1 spiro atoms. The first kappa shape index (κ1) is 19.3. The van der Waals surface area contributed by atoms with E-state index in [-0.39, 0.29) is 17.6 Å². The zero-order valence-corrected chi connectivity index (χ0v) is 16.2. The minimum Gasteiger partial charge on any atom is -0.347 e.